The van der Waals surface area contributed by atoms with Gasteiger partial charge in [0, 0.05) is 16.0 Å². The lowest BCUT2D eigenvalue weighted by molar-refractivity contribution is 0.102. The quantitative estimate of drug-likeness (QED) is 0.630. The van der Waals surface area contributed by atoms with Gasteiger partial charge in [-0.15, -0.1) is 11.3 Å². The average Bonchev–Trinajstić information content (AvgIpc) is 3.01. The fourth-order valence-electron chi connectivity index (χ4n) is 3.05. The lowest BCUT2D eigenvalue weighted by Crippen LogP contribution is -2.13. The smallest absolute Gasteiger partial charge is 0.261 e. The number of nitrogens with one attached hydrogen (secondary N) is 1. The molecule has 26 heavy (non-hydrogen) atoms. The number of hydrogen-bond donors (Lipinski definition) is 1. The van der Waals surface area contributed by atoms with Gasteiger partial charge in [-0.3, -0.25) is 10.1 Å². The summed E-state index contributed by atoms with van der Waals surface area (Å²) < 4.78 is 5.24. The van der Waals surface area contributed by atoms with Crippen LogP contribution in [0.1, 0.15) is 27.0 Å². The lowest BCUT2D eigenvalue weighted by Gasteiger charge is -2.09. The van der Waals surface area contributed by atoms with Crippen LogP contribution in [0, 0.1) is 20.8 Å². The van der Waals surface area contributed by atoms with Crippen LogP contribution in [-0.4, -0.2) is 18.0 Å². The molecule has 0 aliphatic carbocycles. The molecule has 0 aliphatic heterocycles. The highest BCUT2D eigenvalue weighted by Gasteiger charge is 2.16. The van der Waals surface area contributed by atoms with E-state index in [0.717, 1.165) is 11.3 Å². The Morgan fingerprint density at radius 1 is 1.15 bits per heavy atom. The molecule has 4 nitrogen and oxygen atoms in total. The molecule has 0 spiro atoms. The van der Waals surface area contributed by atoms with Crippen molar-refractivity contribution in [2.24, 2.45) is 0 Å². The Hall–Kier alpha value is -2.37. The van der Waals surface area contributed by atoms with E-state index in [9.17, 15) is 4.79 Å². The molecule has 1 N–H and O–H groups in total. The topological polar surface area (TPSA) is 51.2 Å². The van der Waals surface area contributed by atoms with Crippen molar-refractivity contribution >= 4 is 34.0 Å². The summed E-state index contributed by atoms with van der Waals surface area (Å²) in [5.74, 6) is 0.163. The van der Waals surface area contributed by atoms with Crippen molar-refractivity contribution in [2.45, 2.75) is 20.8 Å². The van der Waals surface area contributed by atoms with E-state index in [1.165, 1.54) is 35.1 Å². The first kappa shape index (κ1) is 18.4. The van der Waals surface area contributed by atoms with Gasteiger partial charge in [0.15, 0.2) is 5.13 Å². The molecule has 0 atom stereocenters. The molecule has 0 saturated heterocycles. The van der Waals surface area contributed by atoms with E-state index < -0.39 is 0 Å². The number of methoxy groups -OCH3 is 1. The van der Waals surface area contributed by atoms with Crippen LogP contribution in [0.4, 0.5) is 5.13 Å². The highest BCUT2D eigenvalue weighted by atomic mass is 35.5. The van der Waals surface area contributed by atoms with Gasteiger partial charge in [0.05, 0.1) is 18.4 Å². The summed E-state index contributed by atoms with van der Waals surface area (Å²) in [4.78, 5) is 17.2. The van der Waals surface area contributed by atoms with Crippen molar-refractivity contribution in [3.05, 3.63) is 63.0 Å². The zero-order valence-corrected chi connectivity index (χ0v) is 16.6. The third kappa shape index (κ3) is 3.74. The molecule has 0 aliphatic rings. The van der Waals surface area contributed by atoms with Crippen molar-refractivity contribution in [1.29, 1.82) is 0 Å². The molecule has 2 aromatic carbocycles. The minimum absolute atomic E-state index is 0.303. The minimum atomic E-state index is -0.303. The standard InChI is InChI=1S/C20H19ClN2O2S/c1-11-7-12(2)18(13(3)8-11)16-10-26-20(22-16)23-19(24)15-9-14(21)5-6-17(15)25-4/h5-10H,1-4H3,(H,22,23,24). The summed E-state index contributed by atoms with van der Waals surface area (Å²) in [6.07, 6.45) is 0. The van der Waals surface area contributed by atoms with Gasteiger partial charge in [-0.2, -0.15) is 0 Å². The molecule has 1 aromatic heterocycles. The number of rotatable bonds is 4. The zero-order valence-electron chi connectivity index (χ0n) is 15.0. The van der Waals surface area contributed by atoms with Gasteiger partial charge in [-0.1, -0.05) is 29.3 Å². The summed E-state index contributed by atoms with van der Waals surface area (Å²) in [5, 5.41) is 5.79. The van der Waals surface area contributed by atoms with Crippen LogP contribution < -0.4 is 10.1 Å². The Kier molecular flexibility index (Phi) is 5.30. The van der Waals surface area contributed by atoms with E-state index in [1.54, 1.807) is 18.2 Å². The first-order valence-corrected chi connectivity index (χ1v) is 9.33. The second kappa shape index (κ2) is 7.48. The summed E-state index contributed by atoms with van der Waals surface area (Å²) in [6.45, 7) is 6.22. The summed E-state index contributed by atoms with van der Waals surface area (Å²) in [5.41, 5.74) is 5.90. The Balaban J connectivity index is 1.88. The molecule has 1 heterocycles. The van der Waals surface area contributed by atoms with Crippen LogP contribution in [0.15, 0.2) is 35.7 Å². The number of aryl methyl sites for hydroxylation is 3. The number of thiazole rings is 1. The van der Waals surface area contributed by atoms with Crippen LogP contribution in [0.3, 0.4) is 0 Å². The van der Waals surface area contributed by atoms with Crippen LogP contribution in [0.5, 0.6) is 5.75 Å². The Morgan fingerprint density at radius 2 is 1.85 bits per heavy atom. The number of hydrogen-bond acceptors (Lipinski definition) is 4. The molecule has 0 bridgehead atoms. The number of anilines is 1. The molecule has 0 unspecified atom stereocenters. The fraction of sp³-hybridized carbons (Fsp3) is 0.200. The number of ether oxygens (including phenoxy) is 1. The number of amides is 1. The number of carbonyl (C=O) groups is 1. The van der Waals surface area contributed by atoms with Crippen LogP contribution in [0.2, 0.25) is 5.02 Å². The summed E-state index contributed by atoms with van der Waals surface area (Å²) in [7, 11) is 1.52. The van der Waals surface area contributed by atoms with Gasteiger partial charge in [-0.25, -0.2) is 4.98 Å². The Labute approximate surface area is 161 Å². The minimum Gasteiger partial charge on any atom is -0.496 e. The van der Waals surface area contributed by atoms with Gasteiger partial charge < -0.3 is 4.74 Å². The van der Waals surface area contributed by atoms with Gasteiger partial charge in [-0.05, 0) is 50.1 Å². The normalized spacial score (nSPS) is 10.7. The van der Waals surface area contributed by atoms with E-state index in [2.05, 4.69) is 43.2 Å². The van der Waals surface area contributed by atoms with E-state index in [-0.39, 0.29) is 5.91 Å². The molecule has 0 radical (unpaired) electrons. The highest BCUT2D eigenvalue weighted by Crippen LogP contribution is 2.31. The molecular formula is C20H19ClN2O2S. The molecular weight excluding hydrogens is 368 g/mol. The summed E-state index contributed by atoms with van der Waals surface area (Å²) in [6, 6.07) is 9.21. The van der Waals surface area contributed by atoms with Crippen molar-refractivity contribution in [2.75, 3.05) is 12.4 Å². The molecule has 3 aromatic rings. The van der Waals surface area contributed by atoms with Crippen molar-refractivity contribution in [1.82, 2.24) is 4.98 Å². The molecule has 0 fully saturated rings. The number of benzene rings is 2. The van der Waals surface area contributed by atoms with Crippen LogP contribution in [0.25, 0.3) is 11.3 Å². The predicted octanol–water partition coefficient (Wildman–Crippen LogP) is 5.65. The SMILES string of the molecule is COc1ccc(Cl)cc1C(=O)Nc1nc(-c2c(C)cc(C)cc2C)cs1. The molecule has 1 amide bonds. The fourth-order valence-corrected chi connectivity index (χ4v) is 3.92. The Bertz CT molecular complexity index is 959. The monoisotopic (exact) mass is 386 g/mol. The molecule has 134 valence electrons. The molecule has 3 rings (SSSR count). The van der Waals surface area contributed by atoms with E-state index in [0.29, 0.717) is 21.5 Å². The van der Waals surface area contributed by atoms with Crippen LogP contribution >= 0.6 is 22.9 Å². The van der Waals surface area contributed by atoms with E-state index in [4.69, 9.17) is 16.3 Å². The third-order valence-electron chi connectivity index (χ3n) is 4.06. The van der Waals surface area contributed by atoms with E-state index >= 15 is 0 Å². The number of halogens is 1. The summed E-state index contributed by atoms with van der Waals surface area (Å²) >= 11 is 7.39. The van der Waals surface area contributed by atoms with Crippen molar-refractivity contribution < 1.29 is 9.53 Å². The maximum Gasteiger partial charge on any atom is 0.261 e. The highest BCUT2D eigenvalue weighted by molar-refractivity contribution is 7.14. The number of carbonyl (C=O) groups excluding carboxylic acids is 1. The maximum atomic E-state index is 12.6. The predicted molar refractivity (Wildman–Crippen MR) is 108 cm³/mol. The van der Waals surface area contributed by atoms with E-state index in [1.807, 2.05) is 5.38 Å². The average molecular weight is 387 g/mol. The molecule has 6 heteroatoms. The second-order valence-corrected chi connectivity index (χ2v) is 7.40. The Morgan fingerprint density at radius 3 is 2.50 bits per heavy atom. The van der Waals surface area contributed by atoms with Gasteiger partial charge in [0.1, 0.15) is 5.75 Å². The number of nitrogens with zero attached hydrogens (tertiary/aromatic N) is 1. The second-order valence-electron chi connectivity index (χ2n) is 6.11. The largest absolute Gasteiger partial charge is 0.496 e. The maximum absolute atomic E-state index is 12.6. The molecule has 0 saturated carbocycles. The third-order valence-corrected chi connectivity index (χ3v) is 5.06. The first-order valence-electron chi connectivity index (χ1n) is 8.07. The van der Waals surface area contributed by atoms with Gasteiger partial charge >= 0.3 is 0 Å². The zero-order chi connectivity index (χ0) is 18.8. The van der Waals surface area contributed by atoms with Gasteiger partial charge in [0.2, 0.25) is 0 Å². The van der Waals surface area contributed by atoms with Crippen LogP contribution in [-0.2, 0) is 0 Å². The van der Waals surface area contributed by atoms with Crippen molar-refractivity contribution in [3.8, 4) is 17.0 Å². The van der Waals surface area contributed by atoms with Crippen molar-refractivity contribution in [3.63, 3.8) is 0 Å². The number of aromatic nitrogens is 1. The lowest BCUT2D eigenvalue weighted by atomic mass is 9.98. The first-order chi connectivity index (χ1) is 12.4. The van der Waals surface area contributed by atoms with Gasteiger partial charge in [0.25, 0.3) is 5.91 Å².